The number of benzene rings is 1. The molecule has 3 aliphatic rings. The van der Waals surface area contributed by atoms with Gasteiger partial charge in [0.15, 0.2) is 0 Å². The number of carbonyl (C=O) groups is 3. The Bertz CT molecular complexity index is 655. The minimum atomic E-state index is -0.471. The fraction of sp³-hybridized carbons (Fsp3) is 0.471. The second kappa shape index (κ2) is 4.66. The van der Waals surface area contributed by atoms with Crippen molar-refractivity contribution in [3.63, 3.8) is 0 Å². The van der Waals surface area contributed by atoms with Crippen molar-refractivity contribution in [3.05, 3.63) is 29.8 Å². The summed E-state index contributed by atoms with van der Waals surface area (Å²) in [6, 6.07) is 6.55. The molecule has 5 heteroatoms. The first kappa shape index (κ1) is 13.5. The number of anilines is 1. The van der Waals surface area contributed by atoms with E-state index >= 15 is 0 Å². The minimum absolute atomic E-state index is 0.0933. The standard InChI is InChI=1S/C17H17NO4/c1-22-17(21)11-3-2-4-12(8-11)18-15(19)13-9-5-6-10(7-9)14(13)16(18)20/h2-4,8-10,13-14H,5-7H2,1H3/t9-,10-,13-,14+/m0/s1. The molecule has 1 aliphatic heterocycles. The van der Waals surface area contributed by atoms with Crippen LogP contribution in [-0.2, 0) is 14.3 Å². The van der Waals surface area contributed by atoms with Gasteiger partial charge in [0.05, 0.1) is 30.2 Å². The van der Waals surface area contributed by atoms with Gasteiger partial charge in [-0.05, 0) is 49.3 Å². The molecule has 2 bridgehead atoms. The van der Waals surface area contributed by atoms with Crippen molar-refractivity contribution in [3.8, 4) is 0 Å². The molecule has 3 fully saturated rings. The average Bonchev–Trinajstić information content (AvgIpc) is 3.21. The van der Waals surface area contributed by atoms with Crippen LogP contribution in [0.3, 0.4) is 0 Å². The Morgan fingerprint density at radius 1 is 1.14 bits per heavy atom. The van der Waals surface area contributed by atoms with Crippen LogP contribution in [0, 0.1) is 23.7 Å². The maximum absolute atomic E-state index is 12.7. The molecular formula is C17H17NO4. The number of nitrogens with zero attached hydrogens (tertiary/aromatic N) is 1. The van der Waals surface area contributed by atoms with Crippen molar-refractivity contribution in [2.45, 2.75) is 19.3 Å². The number of esters is 1. The van der Waals surface area contributed by atoms with E-state index in [0.29, 0.717) is 23.1 Å². The third kappa shape index (κ3) is 1.68. The van der Waals surface area contributed by atoms with Gasteiger partial charge in [-0.3, -0.25) is 14.5 Å². The highest BCUT2D eigenvalue weighted by Gasteiger charge is 2.61. The van der Waals surface area contributed by atoms with E-state index in [-0.39, 0.29) is 23.7 Å². The van der Waals surface area contributed by atoms with Gasteiger partial charge in [0, 0.05) is 0 Å². The predicted molar refractivity (Wildman–Crippen MR) is 78.1 cm³/mol. The van der Waals surface area contributed by atoms with Crippen LogP contribution in [0.5, 0.6) is 0 Å². The Morgan fingerprint density at radius 3 is 2.36 bits per heavy atom. The molecule has 22 heavy (non-hydrogen) atoms. The van der Waals surface area contributed by atoms with Gasteiger partial charge >= 0.3 is 5.97 Å². The van der Waals surface area contributed by atoms with E-state index in [4.69, 9.17) is 4.74 Å². The molecule has 0 N–H and O–H groups in total. The van der Waals surface area contributed by atoms with Gasteiger partial charge in [-0.15, -0.1) is 0 Å². The number of hydrogen-bond donors (Lipinski definition) is 0. The van der Waals surface area contributed by atoms with E-state index in [1.807, 2.05) is 0 Å². The number of fused-ring (bicyclic) bond motifs is 5. The molecule has 2 amide bonds. The molecule has 5 nitrogen and oxygen atoms in total. The highest BCUT2D eigenvalue weighted by Crippen LogP contribution is 2.56. The van der Waals surface area contributed by atoms with Crippen LogP contribution in [-0.4, -0.2) is 24.9 Å². The molecule has 1 saturated heterocycles. The molecular weight excluding hydrogens is 282 g/mol. The van der Waals surface area contributed by atoms with Crippen molar-refractivity contribution in [1.82, 2.24) is 0 Å². The number of ether oxygens (including phenoxy) is 1. The van der Waals surface area contributed by atoms with Gasteiger partial charge in [0.25, 0.3) is 0 Å². The van der Waals surface area contributed by atoms with Crippen molar-refractivity contribution >= 4 is 23.5 Å². The van der Waals surface area contributed by atoms with Crippen molar-refractivity contribution < 1.29 is 19.1 Å². The second-order valence-corrected chi connectivity index (χ2v) is 6.44. The Hall–Kier alpha value is -2.17. The van der Waals surface area contributed by atoms with Gasteiger partial charge in [-0.1, -0.05) is 6.07 Å². The minimum Gasteiger partial charge on any atom is -0.465 e. The summed E-state index contributed by atoms with van der Waals surface area (Å²) in [6.45, 7) is 0. The molecule has 0 spiro atoms. The molecule has 0 aromatic heterocycles. The number of amides is 2. The lowest BCUT2D eigenvalue weighted by Gasteiger charge is -2.19. The summed E-state index contributed by atoms with van der Waals surface area (Å²) in [5.41, 5.74) is 0.826. The van der Waals surface area contributed by atoms with E-state index in [0.717, 1.165) is 19.3 Å². The topological polar surface area (TPSA) is 63.7 Å². The highest BCUT2D eigenvalue weighted by atomic mass is 16.5. The first-order chi connectivity index (χ1) is 10.6. The van der Waals surface area contributed by atoms with E-state index in [9.17, 15) is 14.4 Å². The highest BCUT2D eigenvalue weighted by molar-refractivity contribution is 6.22. The van der Waals surface area contributed by atoms with Crippen molar-refractivity contribution in [2.75, 3.05) is 12.0 Å². The third-order valence-corrected chi connectivity index (χ3v) is 5.45. The first-order valence-electron chi connectivity index (χ1n) is 7.68. The summed E-state index contributed by atoms with van der Waals surface area (Å²) in [5.74, 6) is -0.226. The van der Waals surface area contributed by atoms with Crippen molar-refractivity contribution in [2.24, 2.45) is 23.7 Å². The average molecular weight is 299 g/mol. The fourth-order valence-corrected chi connectivity index (χ4v) is 4.55. The SMILES string of the molecule is COC(=O)c1cccc(N2C(=O)[C@@H]3[C@H]4CC[C@@H](C4)[C@@H]3C2=O)c1. The van der Waals surface area contributed by atoms with Crippen LogP contribution in [0.1, 0.15) is 29.6 Å². The van der Waals surface area contributed by atoms with Gasteiger partial charge in [0.2, 0.25) is 11.8 Å². The van der Waals surface area contributed by atoms with Crippen LogP contribution in [0.15, 0.2) is 24.3 Å². The first-order valence-corrected chi connectivity index (χ1v) is 7.68. The Labute approximate surface area is 128 Å². The Kier molecular flexibility index (Phi) is 2.86. The van der Waals surface area contributed by atoms with Crippen LogP contribution in [0.25, 0.3) is 0 Å². The Balaban J connectivity index is 1.70. The van der Waals surface area contributed by atoms with E-state index in [1.54, 1.807) is 24.3 Å². The lowest BCUT2D eigenvalue weighted by molar-refractivity contribution is -0.123. The fourth-order valence-electron chi connectivity index (χ4n) is 4.55. The summed E-state index contributed by atoms with van der Waals surface area (Å²) in [5, 5.41) is 0. The van der Waals surface area contributed by atoms with Crippen LogP contribution in [0.2, 0.25) is 0 Å². The smallest absolute Gasteiger partial charge is 0.337 e. The number of hydrogen-bond acceptors (Lipinski definition) is 4. The van der Waals surface area contributed by atoms with Crippen molar-refractivity contribution in [1.29, 1.82) is 0 Å². The molecule has 1 aromatic carbocycles. The van der Waals surface area contributed by atoms with Gasteiger partial charge in [-0.25, -0.2) is 4.79 Å². The normalized spacial score (nSPS) is 32.5. The molecule has 114 valence electrons. The summed E-state index contributed by atoms with van der Waals surface area (Å²) in [7, 11) is 1.31. The molecule has 0 radical (unpaired) electrons. The zero-order chi connectivity index (χ0) is 15.4. The number of rotatable bonds is 2. The maximum atomic E-state index is 12.7. The van der Waals surface area contributed by atoms with E-state index in [1.165, 1.54) is 12.0 Å². The zero-order valence-electron chi connectivity index (χ0n) is 12.3. The van der Waals surface area contributed by atoms with Gasteiger partial charge < -0.3 is 4.74 Å². The van der Waals surface area contributed by atoms with Gasteiger partial charge in [0.1, 0.15) is 0 Å². The number of carbonyl (C=O) groups excluding carboxylic acids is 3. The summed E-state index contributed by atoms with van der Waals surface area (Å²) >= 11 is 0. The quantitative estimate of drug-likeness (QED) is 0.619. The molecule has 4 atom stereocenters. The largest absolute Gasteiger partial charge is 0.465 e. The summed E-state index contributed by atoms with van der Waals surface area (Å²) in [4.78, 5) is 38.4. The summed E-state index contributed by atoms with van der Waals surface area (Å²) < 4.78 is 4.70. The van der Waals surface area contributed by atoms with E-state index in [2.05, 4.69) is 0 Å². The predicted octanol–water partition coefficient (Wildman–Crippen LogP) is 2.01. The molecule has 4 rings (SSSR count). The third-order valence-electron chi connectivity index (χ3n) is 5.45. The zero-order valence-corrected chi connectivity index (χ0v) is 12.3. The van der Waals surface area contributed by atoms with Crippen LogP contribution in [0.4, 0.5) is 5.69 Å². The molecule has 0 unspecified atom stereocenters. The number of imide groups is 1. The molecule has 2 saturated carbocycles. The lowest BCUT2D eigenvalue weighted by Crippen LogP contribution is -2.32. The van der Waals surface area contributed by atoms with Crippen LogP contribution < -0.4 is 4.90 Å². The van der Waals surface area contributed by atoms with Crippen LogP contribution >= 0.6 is 0 Å². The molecule has 2 aliphatic carbocycles. The maximum Gasteiger partial charge on any atom is 0.337 e. The lowest BCUT2D eigenvalue weighted by atomic mass is 9.81. The monoisotopic (exact) mass is 299 g/mol. The number of methoxy groups -OCH3 is 1. The van der Waals surface area contributed by atoms with E-state index < -0.39 is 5.97 Å². The Morgan fingerprint density at radius 2 is 1.77 bits per heavy atom. The van der Waals surface area contributed by atoms with Gasteiger partial charge in [-0.2, -0.15) is 0 Å². The molecule has 1 aromatic rings. The second-order valence-electron chi connectivity index (χ2n) is 6.44. The summed E-state index contributed by atoms with van der Waals surface area (Å²) in [6.07, 6.45) is 3.13. The molecule has 1 heterocycles.